The molecule has 0 radical (unpaired) electrons. The van der Waals surface area contributed by atoms with E-state index in [1.165, 1.54) is 28.2 Å². The van der Waals surface area contributed by atoms with Crippen LogP contribution in [-0.2, 0) is 10.0 Å². The predicted octanol–water partition coefficient (Wildman–Crippen LogP) is 4.18. The SMILES string of the molecule is O=[N+]([O-])c1cccc(C2SCCN2S(=O)(=O)c2cccc3ccccc23)c1. The Morgan fingerprint density at radius 2 is 1.78 bits per heavy atom. The van der Waals surface area contributed by atoms with Crippen LogP contribution in [0.1, 0.15) is 10.9 Å². The zero-order chi connectivity index (χ0) is 19.0. The summed E-state index contributed by atoms with van der Waals surface area (Å²) in [4.78, 5) is 10.9. The third-order valence-electron chi connectivity index (χ3n) is 4.55. The van der Waals surface area contributed by atoms with Crippen LogP contribution < -0.4 is 0 Å². The maximum atomic E-state index is 13.4. The molecule has 0 N–H and O–H groups in total. The van der Waals surface area contributed by atoms with E-state index in [2.05, 4.69) is 0 Å². The van der Waals surface area contributed by atoms with Crippen LogP contribution in [0, 0.1) is 10.1 Å². The Morgan fingerprint density at radius 1 is 1.04 bits per heavy atom. The van der Waals surface area contributed by atoms with Gasteiger partial charge in [0.25, 0.3) is 5.69 Å². The average Bonchev–Trinajstić information content (AvgIpc) is 3.18. The quantitative estimate of drug-likeness (QED) is 0.485. The Kier molecular flexibility index (Phi) is 4.63. The fraction of sp³-hybridized carbons (Fsp3) is 0.158. The van der Waals surface area contributed by atoms with Gasteiger partial charge in [0.2, 0.25) is 10.0 Å². The van der Waals surface area contributed by atoms with Crippen molar-refractivity contribution in [2.45, 2.75) is 10.3 Å². The maximum absolute atomic E-state index is 13.4. The summed E-state index contributed by atoms with van der Waals surface area (Å²) in [6.07, 6.45) is 0. The Labute approximate surface area is 161 Å². The van der Waals surface area contributed by atoms with Crippen LogP contribution in [0.3, 0.4) is 0 Å². The van der Waals surface area contributed by atoms with Crippen molar-refractivity contribution in [2.75, 3.05) is 12.3 Å². The third-order valence-corrected chi connectivity index (χ3v) is 7.87. The lowest BCUT2D eigenvalue weighted by atomic mass is 10.1. The van der Waals surface area contributed by atoms with Crippen LogP contribution in [0.2, 0.25) is 0 Å². The summed E-state index contributed by atoms with van der Waals surface area (Å²) < 4.78 is 28.3. The molecule has 1 atom stereocenters. The number of hydrogen-bond donors (Lipinski definition) is 0. The van der Waals surface area contributed by atoms with Crippen LogP contribution in [-0.4, -0.2) is 29.9 Å². The van der Waals surface area contributed by atoms with Crippen molar-refractivity contribution < 1.29 is 13.3 Å². The van der Waals surface area contributed by atoms with Gasteiger partial charge < -0.3 is 0 Å². The van der Waals surface area contributed by atoms with E-state index in [-0.39, 0.29) is 10.6 Å². The van der Waals surface area contributed by atoms with Crippen molar-refractivity contribution in [3.63, 3.8) is 0 Å². The lowest BCUT2D eigenvalue weighted by Gasteiger charge is -2.24. The summed E-state index contributed by atoms with van der Waals surface area (Å²) in [5.74, 6) is 0.636. The highest BCUT2D eigenvalue weighted by Crippen LogP contribution is 2.43. The molecule has 138 valence electrons. The van der Waals surface area contributed by atoms with E-state index in [1.54, 1.807) is 30.3 Å². The highest BCUT2D eigenvalue weighted by Gasteiger charge is 2.38. The number of rotatable bonds is 4. The van der Waals surface area contributed by atoms with E-state index in [4.69, 9.17) is 0 Å². The van der Waals surface area contributed by atoms with E-state index in [0.29, 0.717) is 23.2 Å². The van der Waals surface area contributed by atoms with Gasteiger partial charge in [-0.15, -0.1) is 11.8 Å². The van der Waals surface area contributed by atoms with Gasteiger partial charge in [-0.25, -0.2) is 8.42 Å². The monoisotopic (exact) mass is 400 g/mol. The second-order valence-corrected chi connectivity index (χ2v) is 9.22. The minimum atomic E-state index is -3.75. The van der Waals surface area contributed by atoms with Crippen molar-refractivity contribution >= 4 is 38.2 Å². The van der Waals surface area contributed by atoms with Gasteiger partial charge in [-0.2, -0.15) is 4.31 Å². The number of non-ortho nitro benzene ring substituents is 1. The molecule has 0 amide bonds. The summed E-state index contributed by atoms with van der Waals surface area (Å²) in [7, 11) is -3.75. The molecular weight excluding hydrogens is 384 g/mol. The summed E-state index contributed by atoms with van der Waals surface area (Å²) in [5.41, 5.74) is 0.582. The Morgan fingerprint density at radius 3 is 2.59 bits per heavy atom. The van der Waals surface area contributed by atoms with E-state index >= 15 is 0 Å². The first-order chi connectivity index (χ1) is 13.0. The van der Waals surface area contributed by atoms with Crippen molar-refractivity contribution in [3.8, 4) is 0 Å². The first-order valence-electron chi connectivity index (χ1n) is 8.34. The van der Waals surface area contributed by atoms with Gasteiger partial charge in [0.15, 0.2) is 0 Å². The second-order valence-electron chi connectivity index (χ2n) is 6.17. The zero-order valence-electron chi connectivity index (χ0n) is 14.2. The molecule has 0 aliphatic carbocycles. The van der Waals surface area contributed by atoms with Crippen molar-refractivity contribution in [1.29, 1.82) is 0 Å². The van der Waals surface area contributed by atoms with E-state index in [0.717, 1.165) is 5.39 Å². The molecule has 4 rings (SSSR count). The van der Waals surface area contributed by atoms with Gasteiger partial charge in [0, 0.05) is 29.8 Å². The molecule has 27 heavy (non-hydrogen) atoms. The molecule has 0 bridgehead atoms. The van der Waals surface area contributed by atoms with Crippen molar-refractivity contribution in [3.05, 3.63) is 82.4 Å². The van der Waals surface area contributed by atoms with E-state index in [9.17, 15) is 18.5 Å². The van der Waals surface area contributed by atoms with Crippen LogP contribution in [0.5, 0.6) is 0 Å². The van der Waals surface area contributed by atoms with Crippen LogP contribution >= 0.6 is 11.8 Å². The van der Waals surface area contributed by atoms with Crippen LogP contribution in [0.15, 0.2) is 71.6 Å². The van der Waals surface area contributed by atoms with Gasteiger partial charge >= 0.3 is 0 Å². The number of benzene rings is 3. The molecule has 1 unspecified atom stereocenters. The summed E-state index contributed by atoms with van der Waals surface area (Å²) >= 11 is 1.48. The maximum Gasteiger partial charge on any atom is 0.269 e. The lowest BCUT2D eigenvalue weighted by molar-refractivity contribution is -0.384. The average molecular weight is 400 g/mol. The predicted molar refractivity (Wildman–Crippen MR) is 106 cm³/mol. The largest absolute Gasteiger partial charge is 0.269 e. The second kappa shape index (κ2) is 6.95. The van der Waals surface area contributed by atoms with Gasteiger partial charge in [-0.05, 0) is 17.0 Å². The minimum absolute atomic E-state index is 0.0393. The molecular formula is C19H16N2O4S2. The molecule has 1 heterocycles. The van der Waals surface area contributed by atoms with Gasteiger partial charge in [0.05, 0.1) is 15.2 Å². The molecule has 3 aromatic rings. The van der Waals surface area contributed by atoms with E-state index < -0.39 is 20.3 Å². The van der Waals surface area contributed by atoms with Crippen LogP contribution in [0.4, 0.5) is 5.69 Å². The molecule has 8 heteroatoms. The summed E-state index contributed by atoms with van der Waals surface area (Å²) in [6.45, 7) is 0.365. The molecule has 0 aromatic heterocycles. The van der Waals surface area contributed by atoms with Crippen LogP contribution in [0.25, 0.3) is 10.8 Å². The first kappa shape index (κ1) is 18.0. The molecule has 1 aliphatic heterocycles. The first-order valence-corrected chi connectivity index (χ1v) is 10.8. The van der Waals surface area contributed by atoms with Gasteiger partial charge in [0.1, 0.15) is 0 Å². The zero-order valence-corrected chi connectivity index (χ0v) is 15.8. The standard InChI is InChI=1S/C19H16N2O4S2/c22-21(23)16-8-3-7-15(13-16)19-20(11-12-26-19)27(24,25)18-10-4-6-14-5-1-2-9-17(14)18/h1-10,13,19H,11-12H2. The molecule has 1 fully saturated rings. The fourth-order valence-corrected chi connectivity index (χ4v) is 6.75. The lowest BCUT2D eigenvalue weighted by Crippen LogP contribution is -2.30. The molecule has 0 spiro atoms. The Hall–Kier alpha value is -2.42. The third kappa shape index (κ3) is 3.20. The van der Waals surface area contributed by atoms with Crippen molar-refractivity contribution in [1.82, 2.24) is 4.31 Å². The number of thioether (sulfide) groups is 1. The topological polar surface area (TPSA) is 80.5 Å². The number of nitro benzene ring substituents is 1. The Bertz CT molecular complexity index is 1130. The van der Waals surface area contributed by atoms with Crippen molar-refractivity contribution in [2.24, 2.45) is 0 Å². The molecule has 1 aliphatic rings. The summed E-state index contributed by atoms with van der Waals surface area (Å²) in [5, 5.41) is 12.1. The fourth-order valence-electron chi connectivity index (χ4n) is 3.30. The normalized spacial score (nSPS) is 18.0. The van der Waals surface area contributed by atoms with Gasteiger partial charge in [-0.3, -0.25) is 10.1 Å². The smallest absolute Gasteiger partial charge is 0.258 e. The number of fused-ring (bicyclic) bond motifs is 1. The Balaban J connectivity index is 1.79. The van der Waals surface area contributed by atoms with Gasteiger partial charge in [-0.1, -0.05) is 48.5 Å². The molecule has 1 saturated heterocycles. The minimum Gasteiger partial charge on any atom is -0.258 e. The summed E-state index contributed by atoms with van der Waals surface area (Å²) in [6, 6.07) is 18.8. The number of hydrogen-bond acceptors (Lipinski definition) is 5. The number of nitrogens with zero attached hydrogens (tertiary/aromatic N) is 2. The molecule has 3 aromatic carbocycles. The molecule has 6 nitrogen and oxygen atoms in total. The van der Waals surface area contributed by atoms with E-state index in [1.807, 2.05) is 24.3 Å². The number of nitro groups is 1. The highest BCUT2D eigenvalue weighted by atomic mass is 32.2. The number of sulfonamides is 1. The highest BCUT2D eigenvalue weighted by molar-refractivity contribution is 8.01. The molecule has 0 saturated carbocycles.